The highest BCUT2D eigenvalue weighted by molar-refractivity contribution is 5.93. The van der Waals surface area contributed by atoms with Crippen molar-refractivity contribution in [2.24, 2.45) is 0 Å². The molecule has 0 aliphatic carbocycles. The van der Waals surface area contributed by atoms with Crippen LogP contribution in [0.15, 0.2) is 54.7 Å². The molecule has 1 N–H and O–H groups in total. The van der Waals surface area contributed by atoms with Crippen molar-refractivity contribution in [3.8, 4) is 17.5 Å². The molecule has 3 rings (SSSR count). The van der Waals surface area contributed by atoms with E-state index in [-0.39, 0.29) is 17.8 Å². The minimum Gasteiger partial charge on any atom is -0.496 e. The van der Waals surface area contributed by atoms with Gasteiger partial charge >= 0.3 is 5.97 Å². The SMILES string of the molecule is COc1cc(CC(=O)OCC(=O)Nc2c(C#N)cnn2-c2ccccc2)ccc1C. The number of ether oxygens (including phenoxy) is 2. The number of esters is 1. The maximum absolute atomic E-state index is 12.3. The summed E-state index contributed by atoms with van der Waals surface area (Å²) >= 11 is 0. The molecule has 0 saturated heterocycles. The van der Waals surface area contributed by atoms with Gasteiger partial charge in [-0.1, -0.05) is 30.3 Å². The lowest BCUT2D eigenvalue weighted by molar-refractivity contribution is -0.146. The molecule has 0 atom stereocenters. The van der Waals surface area contributed by atoms with E-state index in [2.05, 4.69) is 10.4 Å². The van der Waals surface area contributed by atoms with Gasteiger partial charge in [0.25, 0.3) is 5.91 Å². The predicted molar refractivity (Wildman–Crippen MR) is 109 cm³/mol. The summed E-state index contributed by atoms with van der Waals surface area (Å²) in [6.07, 6.45) is 1.37. The number of para-hydroxylation sites is 1. The molecule has 0 fully saturated rings. The molecule has 1 amide bonds. The first kappa shape index (κ1) is 20.6. The highest BCUT2D eigenvalue weighted by Gasteiger charge is 2.16. The van der Waals surface area contributed by atoms with Crippen LogP contribution >= 0.6 is 0 Å². The van der Waals surface area contributed by atoms with Crippen LogP contribution < -0.4 is 10.1 Å². The van der Waals surface area contributed by atoms with Crippen molar-refractivity contribution in [1.82, 2.24) is 9.78 Å². The van der Waals surface area contributed by atoms with Gasteiger partial charge in [-0.3, -0.25) is 9.59 Å². The molecule has 0 unspecified atom stereocenters. The Kier molecular flexibility index (Phi) is 6.45. The standard InChI is InChI=1S/C22H20N4O4/c1-15-8-9-16(10-19(15)29-2)11-21(28)30-14-20(27)25-22-17(12-23)13-24-26(22)18-6-4-3-5-7-18/h3-10,13H,11,14H2,1-2H3,(H,25,27). The van der Waals surface area contributed by atoms with Gasteiger partial charge in [-0.15, -0.1) is 0 Å². The van der Waals surface area contributed by atoms with Crippen LogP contribution in [0.2, 0.25) is 0 Å². The Labute approximate surface area is 173 Å². The van der Waals surface area contributed by atoms with E-state index in [9.17, 15) is 14.9 Å². The molecule has 3 aromatic rings. The summed E-state index contributed by atoms with van der Waals surface area (Å²) in [7, 11) is 1.56. The number of nitrogens with one attached hydrogen (secondary N) is 1. The van der Waals surface area contributed by atoms with Gasteiger partial charge in [0.1, 0.15) is 17.4 Å². The molecular formula is C22H20N4O4. The maximum Gasteiger partial charge on any atom is 0.310 e. The summed E-state index contributed by atoms with van der Waals surface area (Å²) in [6.45, 7) is 1.42. The first-order valence-electron chi connectivity index (χ1n) is 9.14. The average Bonchev–Trinajstić information content (AvgIpc) is 3.16. The molecule has 0 bridgehead atoms. The summed E-state index contributed by atoms with van der Waals surface area (Å²) in [4.78, 5) is 24.4. The first-order valence-corrected chi connectivity index (χ1v) is 9.14. The normalized spacial score (nSPS) is 10.2. The number of hydrogen-bond donors (Lipinski definition) is 1. The fraction of sp³-hybridized carbons (Fsp3) is 0.182. The van der Waals surface area contributed by atoms with Crippen LogP contribution in [0.4, 0.5) is 5.82 Å². The number of carbonyl (C=O) groups is 2. The zero-order valence-electron chi connectivity index (χ0n) is 16.6. The molecule has 8 heteroatoms. The smallest absolute Gasteiger partial charge is 0.310 e. The number of aromatic nitrogens is 2. The van der Waals surface area contributed by atoms with Gasteiger partial charge in [-0.2, -0.15) is 10.4 Å². The number of carbonyl (C=O) groups excluding carboxylic acids is 2. The van der Waals surface area contributed by atoms with E-state index in [4.69, 9.17) is 9.47 Å². The molecular weight excluding hydrogens is 384 g/mol. The highest BCUT2D eigenvalue weighted by Crippen LogP contribution is 2.20. The average molecular weight is 404 g/mol. The van der Waals surface area contributed by atoms with Crippen molar-refractivity contribution >= 4 is 17.7 Å². The van der Waals surface area contributed by atoms with Crippen LogP contribution in [0.3, 0.4) is 0 Å². The summed E-state index contributed by atoms with van der Waals surface area (Å²) in [6, 6.07) is 16.5. The summed E-state index contributed by atoms with van der Waals surface area (Å²) in [5.74, 6) is -0.226. The predicted octanol–water partition coefficient (Wildman–Crippen LogP) is 2.79. The van der Waals surface area contributed by atoms with Crippen LogP contribution in [-0.2, 0) is 20.7 Å². The molecule has 1 aromatic heterocycles. The van der Waals surface area contributed by atoms with E-state index in [0.29, 0.717) is 11.4 Å². The molecule has 8 nitrogen and oxygen atoms in total. The lowest BCUT2D eigenvalue weighted by Gasteiger charge is -2.10. The third-order valence-electron chi connectivity index (χ3n) is 4.33. The van der Waals surface area contributed by atoms with Crippen molar-refractivity contribution in [3.05, 3.63) is 71.4 Å². The summed E-state index contributed by atoms with van der Waals surface area (Å²) in [5, 5.41) is 16.0. The van der Waals surface area contributed by atoms with Gasteiger partial charge < -0.3 is 14.8 Å². The quantitative estimate of drug-likeness (QED) is 0.607. The molecule has 0 spiro atoms. The maximum atomic E-state index is 12.3. The number of aryl methyl sites for hydroxylation is 1. The molecule has 0 saturated carbocycles. The van der Waals surface area contributed by atoms with Crippen LogP contribution in [0, 0.1) is 18.3 Å². The minimum atomic E-state index is -0.570. The Morgan fingerprint density at radius 3 is 2.67 bits per heavy atom. The molecule has 2 aromatic carbocycles. The second kappa shape index (κ2) is 9.39. The largest absolute Gasteiger partial charge is 0.496 e. The Morgan fingerprint density at radius 1 is 1.20 bits per heavy atom. The van der Waals surface area contributed by atoms with E-state index in [1.807, 2.05) is 37.3 Å². The molecule has 0 radical (unpaired) electrons. The Hall–Kier alpha value is -4.12. The summed E-state index contributed by atoms with van der Waals surface area (Å²) in [5.41, 5.74) is 2.55. The number of anilines is 1. The van der Waals surface area contributed by atoms with Crippen molar-refractivity contribution in [1.29, 1.82) is 5.26 Å². The van der Waals surface area contributed by atoms with Crippen molar-refractivity contribution in [2.75, 3.05) is 19.0 Å². The monoisotopic (exact) mass is 404 g/mol. The molecule has 0 aliphatic rings. The number of amides is 1. The van der Waals surface area contributed by atoms with Crippen LogP contribution in [-0.4, -0.2) is 35.4 Å². The number of benzene rings is 2. The highest BCUT2D eigenvalue weighted by atomic mass is 16.5. The van der Waals surface area contributed by atoms with Gasteiger partial charge in [-0.25, -0.2) is 4.68 Å². The Balaban J connectivity index is 1.62. The van der Waals surface area contributed by atoms with Crippen LogP contribution in [0.5, 0.6) is 5.75 Å². The number of nitrogens with zero attached hydrogens (tertiary/aromatic N) is 3. The summed E-state index contributed by atoms with van der Waals surface area (Å²) < 4.78 is 11.8. The third kappa shape index (κ3) is 4.83. The van der Waals surface area contributed by atoms with E-state index < -0.39 is 18.5 Å². The first-order chi connectivity index (χ1) is 14.5. The topological polar surface area (TPSA) is 106 Å². The molecule has 0 aliphatic heterocycles. The van der Waals surface area contributed by atoms with Crippen molar-refractivity contribution < 1.29 is 19.1 Å². The Morgan fingerprint density at radius 2 is 1.97 bits per heavy atom. The zero-order valence-corrected chi connectivity index (χ0v) is 16.6. The van der Waals surface area contributed by atoms with Gasteiger partial charge in [0.15, 0.2) is 12.4 Å². The van der Waals surface area contributed by atoms with E-state index in [1.165, 1.54) is 10.9 Å². The second-order valence-electron chi connectivity index (χ2n) is 6.46. The van der Waals surface area contributed by atoms with Gasteiger partial charge in [0.05, 0.1) is 25.4 Å². The second-order valence-corrected chi connectivity index (χ2v) is 6.46. The molecule has 30 heavy (non-hydrogen) atoms. The van der Waals surface area contributed by atoms with Crippen LogP contribution in [0.25, 0.3) is 5.69 Å². The van der Waals surface area contributed by atoms with E-state index in [1.54, 1.807) is 31.4 Å². The number of methoxy groups -OCH3 is 1. The number of rotatable bonds is 7. The number of nitriles is 1. The van der Waals surface area contributed by atoms with Gasteiger partial charge in [0.2, 0.25) is 0 Å². The lowest BCUT2D eigenvalue weighted by atomic mass is 10.1. The number of hydrogen-bond acceptors (Lipinski definition) is 6. The minimum absolute atomic E-state index is 0.00924. The van der Waals surface area contributed by atoms with E-state index in [0.717, 1.165) is 11.1 Å². The molecule has 1 heterocycles. The fourth-order valence-corrected chi connectivity index (χ4v) is 2.82. The lowest BCUT2D eigenvalue weighted by Crippen LogP contribution is -2.23. The van der Waals surface area contributed by atoms with Crippen molar-refractivity contribution in [2.45, 2.75) is 13.3 Å². The van der Waals surface area contributed by atoms with Crippen LogP contribution in [0.1, 0.15) is 16.7 Å². The van der Waals surface area contributed by atoms with Crippen molar-refractivity contribution in [3.63, 3.8) is 0 Å². The fourth-order valence-electron chi connectivity index (χ4n) is 2.82. The van der Waals surface area contributed by atoms with E-state index >= 15 is 0 Å². The molecule has 152 valence electrons. The zero-order chi connectivity index (χ0) is 21.5. The Bertz CT molecular complexity index is 1100. The van der Waals surface area contributed by atoms with Gasteiger partial charge in [0, 0.05) is 0 Å². The van der Waals surface area contributed by atoms with Gasteiger partial charge in [-0.05, 0) is 36.2 Å². The third-order valence-corrected chi connectivity index (χ3v) is 4.33.